The Morgan fingerprint density at radius 1 is 1.11 bits per heavy atom. The Kier molecular flexibility index (Phi) is 3.99. The number of aliphatic hydroxyl groups excluding tert-OH is 1. The van der Waals surface area contributed by atoms with Gasteiger partial charge in [-0.25, -0.2) is 4.39 Å². The maximum atomic E-state index is 13.7. The van der Waals surface area contributed by atoms with Gasteiger partial charge in [-0.15, -0.1) is 0 Å². The van der Waals surface area contributed by atoms with Gasteiger partial charge in [0, 0.05) is 0 Å². The fraction of sp³-hybridized carbons (Fsp3) is 0.143. The molecule has 0 radical (unpaired) electrons. The third-order valence-corrected chi connectivity index (χ3v) is 3.14. The summed E-state index contributed by atoms with van der Waals surface area (Å²) in [4.78, 5) is 0. The number of halogens is 2. The van der Waals surface area contributed by atoms with E-state index in [1.807, 2.05) is 18.2 Å². The van der Waals surface area contributed by atoms with E-state index >= 15 is 0 Å². The molecule has 0 aliphatic rings. The van der Waals surface area contributed by atoms with Crippen molar-refractivity contribution in [1.82, 2.24) is 0 Å². The van der Waals surface area contributed by atoms with E-state index in [1.54, 1.807) is 18.2 Å². The van der Waals surface area contributed by atoms with E-state index in [1.165, 1.54) is 13.0 Å². The highest BCUT2D eigenvalue weighted by Crippen LogP contribution is 2.34. The topological polar surface area (TPSA) is 29.5 Å². The lowest BCUT2D eigenvalue weighted by molar-refractivity contribution is 0.190. The van der Waals surface area contributed by atoms with E-state index in [0.29, 0.717) is 11.5 Å². The van der Waals surface area contributed by atoms with Crippen LogP contribution in [0.5, 0.6) is 11.5 Å². The van der Waals surface area contributed by atoms with Gasteiger partial charge in [0.15, 0.2) is 0 Å². The predicted octanol–water partition coefficient (Wildman–Crippen LogP) is 4.43. The Hall–Kier alpha value is -1.39. The van der Waals surface area contributed by atoms with Crippen molar-refractivity contribution in [3.63, 3.8) is 0 Å². The summed E-state index contributed by atoms with van der Waals surface area (Å²) in [6, 6.07) is 11.8. The first-order chi connectivity index (χ1) is 8.59. The monoisotopic (exact) mass is 310 g/mol. The molecule has 0 heterocycles. The van der Waals surface area contributed by atoms with Crippen molar-refractivity contribution in [2.24, 2.45) is 0 Å². The smallest absolute Gasteiger partial charge is 0.141 e. The van der Waals surface area contributed by atoms with Crippen LogP contribution in [0.25, 0.3) is 0 Å². The van der Waals surface area contributed by atoms with Crippen LogP contribution in [0.1, 0.15) is 18.6 Å². The molecule has 0 aliphatic heterocycles. The first-order valence-corrected chi connectivity index (χ1v) is 6.27. The zero-order valence-electron chi connectivity index (χ0n) is 9.73. The molecule has 1 unspecified atom stereocenters. The normalized spacial score (nSPS) is 12.2. The number of hydrogen-bond acceptors (Lipinski definition) is 2. The Bertz CT molecular complexity index is 555. The molecule has 1 atom stereocenters. The molecule has 1 N–H and O–H groups in total. The molecule has 0 fully saturated rings. The second-order valence-corrected chi connectivity index (χ2v) is 4.71. The van der Waals surface area contributed by atoms with E-state index in [0.717, 1.165) is 4.47 Å². The number of hydrogen-bond donors (Lipinski definition) is 1. The minimum Gasteiger partial charge on any atom is -0.456 e. The van der Waals surface area contributed by atoms with Crippen LogP contribution in [-0.4, -0.2) is 5.11 Å². The van der Waals surface area contributed by atoms with Crippen molar-refractivity contribution < 1.29 is 14.2 Å². The second-order valence-electron chi connectivity index (χ2n) is 3.86. The van der Waals surface area contributed by atoms with Gasteiger partial charge in [0.05, 0.1) is 16.1 Å². The quantitative estimate of drug-likeness (QED) is 0.908. The molecule has 0 saturated heterocycles. The van der Waals surface area contributed by atoms with E-state index < -0.39 is 11.9 Å². The Morgan fingerprint density at radius 2 is 1.78 bits per heavy atom. The molecule has 0 saturated carbocycles. The third kappa shape index (κ3) is 2.71. The van der Waals surface area contributed by atoms with E-state index in [2.05, 4.69) is 15.9 Å². The maximum absolute atomic E-state index is 13.7. The van der Waals surface area contributed by atoms with Crippen LogP contribution in [0.4, 0.5) is 4.39 Å². The number of benzene rings is 2. The molecule has 94 valence electrons. The summed E-state index contributed by atoms with van der Waals surface area (Å²) < 4.78 is 20.1. The minimum absolute atomic E-state index is 0.160. The van der Waals surface area contributed by atoms with E-state index in [4.69, 9.17) is 4.74 Å². The molecule has 18 heavy (non-hydrogen) atoms. The van der Waals surface area contributed by atoms with Gasteiger partial charge in [0.25, 0.3) is 0 Å². The summed E-state index contributed by atoms with van der Waals surface area (Å²) in [5.41, 5.74) is 0.160. The SMILES string of the molecule is CC(O)c1c(F)cccc1Oc1ccccc1Br. The summed E-state index contributed by atoms with van der Waals surface area (Å²) in [5, 5.41) is 9.60. The molecule has 4 heteroatoms. The first-order valence-electron chi connectivity index (χ1n) is 5.48. The zero-order chi connectivity index (χ0) is 13.1. The van der Waals surface area contributed by atoms with Crippen molar-refractivity contribution in [3.8, 4) is 11.5 Å². The highest BCUT2D eigenvalue weighted by Gasteiger charge is 2.15. The average Bonchev–Trinajstić information content (AvgIpc) is 2.31. The molecule has 2 nitrogen and oxygen atoms in total. The fourth-order valence-electron chi connectivity index (χ4n) is 1.66. The van der Waals surface area contributed by atoms with E-state index in [-0.39, 0.29) is 5.56 Å². The molecule has 0 aliphatic carbocycles. The van der Waals surface area contributed by atoms with Crippen molar-refractivity contribution in [1.29, 1.82) is 0 Å². The van der Waals surface area contributed by atoms with Gasteiger partial charge in [-0.05, 0) is 47.1 Å². The fourth-order valence-corrected chi connectivity index (χ4v) is 2.02. The predicted molar refractivity (Wildman–Crippen MR) is 71.2 cm³/mol. The first kappa shape index (κ1) is 13.1. The molecule has 0 amide bonds. The summed E-state index contributed by atoms with van der Waals surface area (Å²) in [7, 11) is 0. The summed E-state index contributed by atoms with van der Waals surface area (Å²) >= 11 is 3.35. The molecule has 0 aromatic heterocycles. The average molecular weight is 311 g/mol. The van der Waals surface area contributed by atoms with Crippen LogP contribution < -0.4 is 4.74 Å². The summed E-state index contributed by atoms with van der Waals surface area (Å²) in [6.45, 7) is 1.51. The van der Waals surface area contributed by atoms with Gasteiger partial charge in [-0.3, -0.25) is 0 Å². The summed E-state index contributed by atoms with van der Waals surface area (Å²) in [5.74, 6) is 0.413. The number of aliphatic hydroxyl groups is 1. The van der Waals surface area contributed by atoms with Crippen LogP contribution in [0.3, 0.4) is 0 Å². The maximum Gasteiger partial charge on any atom is 0.141 e. The lowest BCUT2D eigenvalue weighted by atomic mass is 10.1. The number of rotatable bonds is 3. The van der Waals surface area contributed by atoms with Crippen LogP contribution in [-0.2, 0) is 0 Å². The molecule has 0 bridgehead atoms. The molecular formula is C14H12BrFO2. The molecule has 0 spiro atoms. The van der Waals surface area contributed by atoms with Crippen LogP contribution in [0.2, 0.25) is 0 Å². The van der Waals surface area contributed by atoms with Crippen molar-refractivity contribution in [2.45, 2.75) is 13.0 Å². The Balaban J connectivity index is 2.41. The largest absolute Gasteiger partial charge is 0.456 e. The zero-order valence-corrected chi connectivity index (χ0v) is 11.3. The summed E-state index contributed by atoms with van der Waals surface area (Å²) in [6.07, 6.45) is -0.927. The second kappa shape index (κ2) is 5.50. The Labute approximate surface area is 113 Å². The van der Waals surface area contributed by atoms with Crippen molar-refractivity contribution in [2.75, 3.05) is 0 Å². The highest BCUT2D eigenvalue weighted by atomic mass is 79.9. The molecule has 2 rings (SSSR count). The lowest BCUT2D eigenvalue weighted by Crippen LogP contribution is -2.00. The lowest BCUT2D eigenvalue weighted by Gasteiger charge is -2.14. The van der Waals surface area contributed by atoms with Gasteiger partial charge >= 0.3 is 0 Å². The molecule has 2 aromatic rings. The molecule has 2 aromatic carbocycles. The van der Waals surface area contributed by atoms with Gasteiger partial charge < -0.3 is 9.84 Å². The molecular weight excluding hydrogens is 299 g/mol. The Morgan fingerprint density at radius 3 is 2.44 bits per heavy atom. The third-order valence-electron chi connectivity index (χ3n) is 2.49. The van der Waals surface area contributed by atoms with E-state index in [9.17, 15) is 9.50 Å². The van der Waals surface area contributed by atoms with Crippen LogP contribution in [0, 0.1) is 5.82 Å². The minimum atomic E-state index is -0.927. The van der Waals surface area contributed by atoms with Crippen LogP contribution >= 0.6 is 15.9 Å². The van der Waals surface area contributed by atoms with Gasteiger partial charge in [0.1, 0.15) is 17.3 Å². The highest BCUT2D eigenvalue weighted by molar-refractivity contribution is 9.10. The van der Waals surface area contributed by atoms with Crippen molar-refractivity contribution >= 4 is 15.9 Å². The van der Waals surface area contributed by atoms with Crippen LogP contribution in [0.15, 0.2) is 46.9 Å². The standard InChI is InChI=1S/C14H12BrFO2/c1-9(17)14-11(16)6-4-8-13(14)18-12-7-3-2-5-10(12)15/h2-9,17H,1H3. The van der Waals surface area contributed by atoms with Gasteiger partial charge in [0.2, 0.25) is 0 Å². The number of ether oxygens (including phenoxy) is 1. The van der Waals surface area contributed by atoms with Crippen molar-refractivity contribution in [3.05, 3.63) is 58.3 Å². The van der Waals surface area contributed by atoms with Gasteiger partial charge in [-0.2, -0.15) is 0 Å². The number of para-hydroxylation sites is 1. The van der Waals surface area contributed by atoms with Gasteiger partial charge in [-0.1, -0.05) is 18.2 Å².